The second-order valence-corrected chi connectivity index (χ2v) is 8.69. The number of aromatic hydroxyl groups is 1. The van der Waals surface area contributed by atoms with Gasteiger partial charge in [-0.3, -0.25) is 0 Å². The third kappa shape index (κ3) is 4.52. The van der Waals surface area contributed by atoms with Crippen LogP contribution >= 0.6 is 0 Å². The van der Waals surface area contributed by atoms with Gasteiger partial charge in [-0.2, -0.15) is 4.31 Å². The van der Waals surface area contributed by atoms with Crippen molar-refractivity contribution in [3.63, 3.8) is 0 Å². The monoisotopic (exact) mass is 402 g/mol. The van der Waals surface area contributed by atoms with Gasteiger partial charge in [0, 0.05) is 31.3 Å². The molecule has 0 aliphatic rings. The van der Waals surface area contributed by atoms with Crippen LogP contribution in [-0.2, 0) is 16.6 Å². The van der Waals surface area contributed by atoms with Gasteiger partial charge in [0.1, 0.15) is 5.75 Å². The van der Waals surface area contributed by atoms with E-state index in [1.807, 2.05) is 13.8 Å². The van der Waals surface area contributed by atoms with Gasteiger partial charge in [0.25, 0.3) is 5.88 Å². The highest BCUT2D eigenvalue weighted by molar-refractivity contribution is 7.89. The van der Waals surface area contributed by atoms with Crippen LogP contribution in [0.1, 0.15) is 19.4 Å². The van der Waals surface area contributed by atoms with E-state index in [1.54, 1.807) is 42.5 Å². The minimum Gasteiger partial charge on any atom is -0.491 e. The van der Waals surface area contributed by atoms with Crippen molar-refractivity contribution in [2.75, 3.05) is 7.05 Å². The first kappa shape index (κ1) is 19.9. The maximum atomic E-state index is 12.9. The van der Waals surface area contributed by atoms with Gasteiger partial charge in [-0.15, -0.1) is 0 Å². The molecular formula is C20H22N2O5S. The summed E-state index contributed by atoms with van der Waals surface area (Å²) >= 11 is 0. The minimum absolute atomic E-state index is 0.0412. The zero-order valence-electron chi connectivity index (χ0n) is 15.9. The van der Waals surface area contributed by atoms with Gasteiger partial charge in [0.15, 0.2) is 5.76 Å². The summed E-state index contributed by atoms with van der Waals surface area (Å²) in [5, 5.41) is 12.7. The Hall–Kier alpha value is -2.84. The van der Waals surface area contributed by atoms with Crippen molar-refractivity contribution < 1.29 is 22.8 Å². The van der Waals surface area contributed by atoms with E-state index in [9.17, 15) is 13.5 Å². The highest BCUT2D eigenvalue weighted by Crippen LogP contribution is 2.25. The molecule has 3 rings (SSSR count). The zero-order valence-corrected chi connectivity index (χ0v) is 16.7. The largest absolute Gasteiger partial charge is 0.491 e. The Morgan fingerprint density at radius 2 is 1.86 bits per heavy atom. The molecule has 28 heavy (non-hydrogen) atoms. The fourth-order valence-corrected chi connectivity index (χ4v) is 3.87. The molecule has 2 aromatic carbocycles. The van der Waals surface area contributed by atoms with Gasteiger partial charge >= 0.3 is 0 Å². The third-order valence-electron chi connectivity index (χ3n) is 4.03. The molecule has 1 N–H and O–H groups in total. The second kappa shape index (κ2) is 8.04. The lowest BCUT2D eigenvalue weighted by atomic mass is 10.1. The van der Waals surface area contributed by atoms with Crippen LogP contribution in [0.5, 0.6) is 11.6 Å². The maximum absolute atomic E-state index is 12.9. The summed E-state index contributed by atoms with van der Waals surface area (Å²) in [6.45, 7) is 3.98. The Morgan fingerprint density at radius 1 is 1.14 bits per heavy atom. The van der Waals surface area contributed by atoms with Gasteiger partial charge in [-0.1, -0.05) is 30.3 Å². The predicted octanol–water partition coefficient (Wildman–Crippen LogP) is 3.66. The first-order chi connectivity index (χ1) is 13.3. The normalized spacial score (nSPS) is 11.9. The number of rotatable bonds is 7. The number of benzene rings is 2. The Kier molecular flexibility index (Phi) is 5.71. The third-order valence-corrected chi connectivity index (χ3v) is 5.83. The SMILES string of the molecule is CC(C)Oc1cccc(S(=O)(=O)N(C)Cc2ccc(-c3cc(O)no3)cc2)c1. The van der Waals surface area contributed by atoms with Crippen molar-refractivity contribution in [1.29, 1.82) is 0 Å². The minimum atomic E-state index is -3.66. The molecule has 0 saturated carbocycles. The molecule has 0 fully saturated rings. The summed E-state index contributed by atoms with van der Waals surface area (Å²) in [5.74, 6) is 0.768. The zero-order chi connectivity index (χ0) is 20.3. The number of hydrogen-bond acceptors (Lipinski definition) is 6. The molecule has 0 aliphatic heterocycles. The van der Waals surface area contributed by atoms with Crippen molar-refractivity contribution in [1.82, 2.24) is 9.46 Å². The lowest BCUT2D eigenvalue weighted by Crippen LogP contribution is -2.26. The van der Waals surface area contributed by atoms with Gasteiger partial charge in [-0.05, 0) is 36.7 Å². The highest BCUT2D eigenvalue weighted by atomic mass is 32.2. The van der Waals surface area contributed by atoms with Gasteiger partial charge < -0.3 is 14.4 Å². The number of sulfonamides is 1. The van der Waals surface area contributed by atoms with Crippen LogP contribution in [0.4, 0.5) is 0 Å². The number of aromatic nitrogens is 1. The van der Waals surface area contributed by atoms with Crippen molar-refractivity contribution >= 4 is 10.0 Å². The average molecular weight is 402 g/mol. The molecule has 1 heterocycles. The Bertz CT molecular complexity index is 1040. The molecule has 0 unspecified atom stereocenters. The van der Waals surface area contributed by atoms with E-state index in [0.29, 0.717) is 11.5 Å². The van der Waals surface area contributed by atoms with Crippen molar-refractivity contribution in [3.05, 3.63) is 60.2 Å². The molecular weight excluding hydrogens is 380 g/mol. The topological polar surface area (TPSA) is 92.9 Å². The molecule has 0 aliphatic carbocycles. The van der Waals surface area contributed by atoms with E-state index in [1.165, 1.54) is 23.5 Å². The van der Waals surface area contributed by atoms with E-state index < -0.39 is 10.0 Å². The maximum Gasteiger partial charge on any atom is 0.252 e. The summed E-state index contributed by atoms with van der Waals surface area (Å²) in [6.07, 6.45) is -0.0412. The van der Waals surface area contributed by atoms with Gasteiger partial charge in [0.2, 0.25) is 10.0 Å². The highest BCUT2D eigenvalue weighted by Gasteiger charge is 2.21. The van der Waals surface area contributed by atoms with Crippen molar-refractivity contribution in [2.24, 2.45) is 0 Å². The fraction of sp³-hybridized carbons (Fsp3) is 0.250. The lowest BCUT2D eigenvalue weighted by Gasteiger charge is -2.18. The van der Waals surface area contributed by atoms with Crippen LogP contribution in [-0.4, -0.2) is 36.1 Å². The van der Waals surface area contributed by atoms with E-state index in [0.717, 1.165) is 11.1 Å². The fourth-order valence-electron chi connectivity index (χ4n) is 2.68. The quantitative estimate of drug-likeness (QED) is 0.648. The van der Waals surface area contributed by atoms with Crippen LogP contribution in [0.3, 0.4) is 0 Å². The second-order valence-electron chi connectivity index (χ2n) is 6.65. The van der Waals surface area contributed by atoms with Crippen molar-refractivity contribution in [2.45, 2.75) is 31.4 Å². The smallest absolute Gasteiger partial charge is 0.252 e. The molecule has 7 nitrogen and oxygen atoms in total. The number of ether oxygens (including phenoxy) is 1. The molecule has 0 amide bonds. The Balaban J connectivity index is 1.75. The molecule has 148 valence electrons. The average Bonchev–Trinajstić information content (AvgIpc) is 3.08. The number of hydrogen-bond donors (Lipinski definition) is 1. The summed E-state index contributed by atoms with van der Waals surface area (Å²) in [5.41, 5.74) is 1.55. The lowest BCUT2D eigenvalue weighted by molar-refractivity contribution is 0.241. The van der Waals surface area contributed by atoms with E-state index in [4.69, 9.17) is 9.26 Å². The Morgan fingerprint density at radius 3 is 2.46 bits per heavy atom. The Labute approximate surface area is 164 Å². The molecule has 0 atom stereocenters. The van der Waals surface area contributed by atoms with E-state index in [-0.39, 0.29) is 23.4 Å². The summed E-state index contributed by atoms with van der Waals surface area (Å²) < 4.78 is 37.7. The first-order valence-corrected chi connectivity index (χ1v) is 10.2. The number of nitrogens with zero attached hydrogens (tertiary/aromatic N) is 2. The molecule has 0 bridgehead atoms. The van der Waals surface area contributed by atoms with Crippen LogP contribution in [0, 0.1) is 0 Å². The van der Waals surface area contributed by atoms with Gasteiger partial charge in [0.05, 0.1) is 11.0 Å². The standard InChI is InChI=1S/C20H22N2O5S/c1-14(2)26-17-5-4-6-18(11-17)28(24,25)22(3)13-15-7-9-16(10-8-15)19-12-20(23)21-27-19/h4-12,14H,13H2,1-3H3,(H,21,23). The predicted molar refractivity (Wildman–Crippen MR) is 104 cm³/mol. The molecule has 0 saturated heterocycles. The molecule has 0 radical (unpaired) electrons. The summed E-state index contributed by atoms with van der Waals surface area (Å²) in [4.78, 5) is 0.182. The van der Waals surface area contributed by atoms with Crippen LogP contribution in [0.15, 0.2) is 64.0 Å². The van der Waals surface area contributed by atoms with E-state index >= 15 is 0 Å². The molecule has 3 aromatic rings. The molecule has 1 aromatic heterocycles. The molecule has 8 heteroatoms. The van der Waals surface area contributed by atoms with Crippen molar-refractivity contribution in [3.8, 4) is 23.0 Å². The van der Waals surface area contributed by atoms with Crippen LogP contribution < -0.4 is 4.74 Å². The summed E-state index contributed by atoms with van der Waals surface area (Å²) in [6, 6.07) is 15.1. The van der Waals surface area contributed by atoms with Crippen LogP contribution in [0.2, 0.25) is 0 Å². The molecule has 0 spiro atoms. The van der Waals surface area contributed by atoms with Crippen LogP contribution in [0.25, 0.3) is 11.3 Å². The summed E-state index contributed by atoms with van der Waals surface area (Å²) in [7, 11) is -2.13. The van der Waals surface area contributed by atoms with Gasteiger partial charge in [-0.25, -0.2) is 8.42 Å². The van der Waals surface area contributed by atoms with E-state index in [2.05, 4.69) is 5.16 Å². The first-order valence-electron chi connectivity index (χ1n) is 8.74.